The van der Waals surface area contributed by atoms with Gasteiger partial charge in [-0.15, -0.1) is 0 Å². The smallest absolute Gasteiger partial charge is 0.323 e. The molecular weight excluding hydrogens is 500 g/mol. The highest BCUT2D eigenvalue weighted by Crippen LogP contribution is 2.28. The lowest BCUT2D eigenvalue weighted by atomic mass is 10.1. The van der Waals surface area contributed by atoms with Crippen LogP contribution in [-0.2, 0) is 11.3 Å². The summed E-state index contributed by atoms with van der Waals surface area (Å²) in [5.41, 5.74) is 2.84. The van der Waals surface area contributed by atoms with Crippen LogP contribution in [0, 0.1) is 0 Å². The van der Waals surface area contributed by atoms with E-state index in [4.69, 9.17) is 9.97 Å². The number of aromatic nitrogens is 6. The molecule has 0 atom stereocenters. The molecule has 198 valence electrons. The highest BCUT2D eigenvalue weighted by Gasteiger charge is 2.25. The fraction of sp³-hybridized carbons (Fsp3) is 0.259. The van der Waals surface area contributed by atoms with Crippen molar-refractivity contribution in [3.05, 3.63) is 60.6 Å². The van der Waals surface area contributed by atoms with Gasteiger partial charge >= 0.3 is 5.97 Å². The Morgan fingerprint density at radius 2 is 1.67 bits per heavy atom. The molecule has 0 unspecified atom stereocenters. The first-order valence-electron chi connectivity index (χ1n) is 12.7. The topological polar surface area (TPSA) is 142 Å². The lowest BCUT2D eigenvalue weighted by Crippen LogP contribution is -2.47. The highest BCUT2D eigenvalue weighted by atomic mass is 16.4. The monoisotopic (exact) mass is 526 g/mol. The van der Waals surface area contributed by atoms with Crippen molar-refractivity contribution >= 4 is 45.5 Å². The number of ketones is 1. The first-order chi connectivity index (χ1) is 18.9. The first kappa shape index (κ1) is 24.3. The van der Waals surface area contributed by atoms with E-state index >= 15 is 0 Å². The zero-order valence-electron chi connectivity index (χ0n) is 21.2. The Labute approximate surface area is 222 Å². The molecule has 0 saturated carbocycles. The Kier molecular flexibility index (Phi) is 6.06. The number of benzene rings is 2. The third-order valence-corrected chi connectivity index (χ3v) is 6.89. The van der Waals surface area contributed by atoms with Crippen LogP contribution in [0.4, 0.5) is 11.6 Å². The van der Waals surface area contributed by atoms with E-state index in [1.165, 1.54) is 10.9 Å². The van der Waals surface area contributed by atoms with Crippen molar-refractivity contribution in [1.82, 2.24) is 29.3 Å². The zero-order chi connectivity index (χ0) is 27.1. The maximum absolute atomic E-state index is 12.7. The standard InChI is InChI=1S/C27H26N8O4/c1-2-21(37)23-19-5-3-4-6-20(19)35(31-23)26-24-25(34(16-28-24)15-22(38)39)29-27(30-26)33-13-11-32(12-14-33)17-7-9-18(36)10-8-17/h3-10,16,36H,2,11-15H2,1H3,(H,38,39). The van der Waals surface area contributed by atoms with Gasteiger partial charge in [0.2, 0.25) is 5.95 Å². The Morgan fingerprint density at radius 3 is 2.38 bits per heavy atom. The van der Waals surface area contributed by atoms with Gasteiger partial charge in [0, 0.05) is 43.7 Å². The van der Waals surface area contributed by atoms with E-state index in [9.17, 15) is 19.8 Å². The lowest BCUT2D eigenvalue weighted by Gasteiger charge is -2.36. The molecule has 1 aliphatic rings. The SMILES string of the molecule is CCC(=O)c1nn(-c2nc(N3CCN(c4ccc(O)cc4)CC3)nc3c2ncn3CC(=O)O)c2ccccc12. The van der Waals surface area contributed by atoms with Crippen molar-refractivity contribution in [1.29, 1.82) is 0 Å². The number of nitrogens with zero attached hydrogens (tertiary/aromatic N) is 8. The largest absolute Gasteiger partial charge is 0.508 e. The number of piperazine rings is 1. The van der Waals surface area contributed by atoms with E-state index in [-0.39, 0.29) is 18.1 Å². The van der Waals surface area contributed by atoms with E-state index in [0.717, 1.165) is 5.69 Å². The molecule has 1 saturated heterocycles. The number of carboxylic acid groups (broad SMARTS) is 1. The third kappa shape index (κ3) is 4.39. The number of Topliss-reactive ketones (excluding diaryl/α,β-unsaturated/α-hetero) is 1. The number of fused-ring (bicyclic) bond motifs is 2. The number of phenolic OH excluding ortho intramolecular Hbond substituents is 1. The molecular formula is C27H26N8O4. The number of aliphatic carboxylic acids is 1. The number of aromatic hydroxyl groups is 1. The van der Waals surface area contributed by atoms with Gasteiger partial charge in [-0.2, -0.15) is 15.1 Å². The van der Waals surface area contributed by atoms with Crippen molar-refractivity contribution in [2.45, 2.75) is 19.9 Å². The molecule has 0 bridgehead atoms. The Morgan fingerprint density at radius 1 is 0.949 bits per heavy atom. The summed E-state index contributed by atoms with van der Waals surface area (Å²) in [4.78, 5) is 42.6. The van der Waals surface area contributed by atoms with Crippen LogP contribution in [0.15, 0.2) is 54.9 Å². The maximum Gasteiger partial charge on any atom is 0.323 e. The van der Waals surface area contributed by atoms with E-state index in [1.54, 1.807) is 23.7 Å². The molecule has 1 aliphatic heterocycles. The number of carbonyl (C=O) groups excluding carboxylic acids is 1. The highest BCUT2D eigenvalue weighted by molar-refractivity contribution is 6.06. The van der Waals surface area contributed by atoms with Crippen molar-refractivity contribution in [3.8, 4) is 11.6 Å². The minimum absolute atomic E-state index is 0.0859. The summed E-state index contributed by atoms with van der Waals surface area (Å²) in [6, 6.07) is 14.5. The third-order valence-electron chi connectivity index (χ3n) is 6.89. The van der Waals surface area contributed by atoms with Crippen molar-refractivity contribution in [3.63, 3.8) is 0 Å². The maximum atomic E-state index is 12.7. The molecule has 3 aromatic heterocycles. The predicted octanol–water partition coefficient (Wildman–Crippen LogP) is 2.87. The number of anilines is 2. The van der Waals surface area contributed by atoms with Crippen LogP contribution >= 0.6 is 0 Å². The molecule has 2 aromatic carbocycles. The quantitative estimate of drug-likeness (QED) is 0.304. The number of carbonyl (C=O) groups is 2. The van der Waals surface area contributed by atoms with E-state index < -0.39 is 5.97 Å². The van der Waals surface area contributed by atoms with Gasteiger partial charge in [-0.3, -0.25) is 9.59 Å². The second-order valence-electron chi connectivity index (χ2n) is 9.33. The predicted molar refractivity (Wildman–Crippen MR) is 145 cm³/mol. The van der Waals surface area contributed by atoms with Gasteiger partial charge in [0.15, 0.2) is 22.8 Å². The van der Waals surface area contributed by atoms with E-state index in [0.29, 0.717) is 72.1 Å². The average Bonchev–Trinajstić information content (AvgIpc) is 3.54. The Bertz CT molecular complexity index is 1700. The summed E-state index contributed by atoms with van der Waals surface area (Å²) in [5.74, 6) is -0.0694. The number of hydrogen-bond acceptors (Lipinski definition) is 9. The molecule has 39 heavy (non-hydrogen) atoms. The van der Waals surface area contributed by atoms with Crippen LogP contribution < -0.4 is 9.80 Å². The first-order valence-corrected chi connectivity index (χ1v) is 12.7. The average molecular weight is 527 g/mol. The zero-order valence-corrected chi connectivity index (χ0v) is 21.2. The van der Waals surface area contributed by atoms with Gasteiger partial charge in [-0.1, -0.05) is 25.1 Å². The van der Waals surface area contributed by atoms with E-state index in [2.05, 4.69) is 15.0 Å². The van der Waals surface area contributed by atoms with Crippen molar-refractivity contribution in [2.24, 2.45) is 0 Å². The lowest BCUT2D eigenvalue weighted by molar-refractivity contribution is -0.137. The minimum Gasteiger partial charge on any atom is -0.508 e. The normalized spacial score (nSPS) is 13.9. The molecule has 12 nitrogen and oxygen atoms in total. The van der Waals surface area contributed by atoms with Gasteiger partial charge in [-0.25, -0.2) is 9.67 Å². The van der Waals surface area contributed by atoms with Crippen LogP contribution in [0.5, 0.6) is 5.75 Å². The number of phenols is 1. The van der Waals surface area contributed by atoms with Gasteiger partial charge in [0.25, 0.3) is 0 Å². The molecule has 1 fully saturated rings. The summed E-state index contributed by atoms with van der Waals surface area (Å²) < 4.78 is 3.08. The number of imidazole rings is 1. The fourth-order valence-electron chi connectivity index (χ4n) is 4.90. The molecule has 4 heterocycles. The van der Waals surface area contributed by atoms with Crippen LogP contribution in [0.3, 0.4) is 0 Å². The van der Waals surface area contributed by atoms with Crippen LogP contribution in [0.25, 0.3) is 27.9 Å². The van der Waals surface area contributed by atoms with Gasteiger partial charge < -0.3 is 24.6 Å². The van der Waals surface area contributed by atoms with Gasteiger partial charge in [-0.05, 0) is 30.3 Å². The van der Waals surface area contributed by atoms with Crippen LogP contribution in [0.1, 0.15) is 23.8 Å². The van der Waals surface area contributed by atoms with Crippen LogP contribution in [-0.4, -0.2) is 77.4 Å². The summed E-state index contributed by atoms with van der Waals surface area (Å²) in [6.45, 7) is 4.14. The van der Waals surface area contributed by atoms with Gasteiger partial charge in [0.05, 0.1) is 11.8 Å². The Hall–Kier alpha value is -5.00. The molecule has 12 heteroatoms. The summed E-state index contributed by atoms with van der Waals surface area (Å²) in [5, 5.41) is 24.4. The van der Waals surface area contributed by atoms with E-state index in [1.807, 2.05) is 41.3 Å². The second kappa shape index (κ2) is 9.71. The van der Waals surface area contributed by atoms with Crippen molar-refractivity contribution in [2.75, 3.05) is 36.0 Å². The molecule has 6 rings (SSSR count). The number of hydrogen-bond donors (Lipinski definition) is 2. The van der Waals surface area contributed by atoms with Crippen molar-refractivity contribution < 1.29 is 19.8 Å². The summed E-state index contributed by atoms with van der Waals surface area (Å²) in [7, 11) is 0. The van der Waals surface area contributed by atoms with Crippen LogP contribution in [0.2, 0.25) is 0 Å². The molecule has 0 radical (unpaired) electrons. The summed E-state index contributed by atoms with van der Waals surface area (Å²) >= 11 is 0. The number of carboxylic acids is 1. The Balaban J connectivity index is 1.44. The molecule has 0 spiro atoms. The molecule has 0 amide bonds. The second-order valence-corrected chi connectivity index (χ2v) is 9.33. The molecule has 5 aromatic rings. The number of para-hydroxylation sites is 1. The summed E-state index contributed by atoms with van der Waals surface area (Å²) in [6.07, 6.45) is 1.75. The minimum atomic E-state index is -1.01. The fourth-order valence-corrected chi connectivity index (χ4v) is 4.90. The van der Waals surface area contributed by atoms with Gasteiger partial charge in [0.1, 0.15) is 18.0 Å². The number of rotatable bonds is 7. The molecule has 0 aliphatic carbocycles. The molecule has 2 N–H and O–H groups in total.